The summed E-state index contributed by atoms with van der Waals surface area (Å²) in [5, 5.41) is 28.2. The minimum Gasteiger partial charge on any atom is -0.387 e. The van der Waals surface area contributed by atoms with Crippen LogP contribution in [0.5, 0.6) is 0 Å². The van der Waals surface area contributed by atoms with Gasteiger partial charge in [0.2, 0.25) is 0 Å². The van der Waals surface area contributed by atoms with E-state index >= 15 is 0 Å². The number of ether oxygens (including phenoxy) is 1. The highest BCUT2D eigenvalue weighted by Gasteiger charge is 2.46. The average molecular weight is 511 g/mol. The fraction of sp³-hybridized carbons (Fsp3) is 0.500. The zero-order valence-corrected chi connectivity index (χ0v) is 17.4. The van der Waals surface area contributed by atoms with Crippen LogP contribution in [0.2, 0.25) is 0 Å². The Morgan fingerprint density at radius 2 is 1.84 bits per heavy atom. The molecule has 8 N–H and O–H groups in total. The molecule has 0 saturated carbocycles. The summed E-state index contributed by atoms with van der Waals surface area (Å²) in [6.45, 7) is -1.06. The number of aliphatic hydroxyl groups is 2. The molecule has 0 amide bonds. The van der Waals surface area contributed by atoms with Gasteiger partial charge in [-0.25, -0.2) is 23.7 Å². The molecule has 2 aromatic heterocycles. The molecule has 1 saturated heterocycles. The van der Waals surface area contributed by atoms with Crippen molar-refractivity contribution in [2.45, 2.75) is 24.5 Å². The van der Waals surface area contributed by atoms with Gasteiger partial charge in [0.1, 0.15) is 32.2 Å². The van der Waals surface area contributed by atoms with Crippen molar-refractivity contribution in [1.29, 1.82) is 5.41 Å². The summed E-state index contributed by atoms with van der Waals surface area (Å²) in [6, 6.07) is 0. The molecule has 0 bridgehead atoms. The molecule has 0 aliphatic carbocycles. The number of imidazole rings is 1. The van der Waals surface area contributed by atoms with Crippen molar-refractivity contribution in [2.75, 3.05) is 6.61 Å². The second-order valence-corrected chi connectivity index (χ2v) is 10.3. The summed E-state index contributed by atoms with van der Waals surface area (Å²) in [7, 11) is -16.9. The maximum atomic E-state index is 11.8. The van der Waals surface area contributed by atoms with Crippen molar-refractivity contribution in [3.8, 4) is 0 Å². The van der Waals surface area contributed by atoms with E-state index in [0.717, 1.165) is 4.57 Å². The third-order valence-corrected chi connectivity index (χ3v) is 7.51. The second kappa shape index (κ2) is 8.53. The van der Waals surface area contributed by atoms with E-state index in [1.807, 2.05) is 0 Å². The lowest BCUT2D eigenvalue weighted by Crippen LogP contribution is -2.33. The predicted octanol–water partition coefficient (Wildman–Crippen LogP) is -1.80. The molecule has 0 spiro atoms. The molecule has 6 atom stereocenters. The summed E-state index contributed by atoms with van der Waals surface area (Å²) in [4.78, 5) is 45.3. The SMILES string of the molecule is [3H]c1nc(=N)c2nc([3H])n([C@@H]3O[C@H](COP(=O)(O)OP(=O)(O)OP(=O)(O)O)[C@@H](O)[C@H]3O)c2[nH]1. The molecule has 174 valence electrons. The number of nitrogens with zero attached hydrogens (tertiary/aromatic N) is 3. The quantitative estimate of drug-likeness (QED) is 0.182. The van der Waals surface area contributed by atoms with E-state index in [4.69, 9.17) is 27.6 Å². The molecular formula is C10H16N5O13P3. The van der Waals surface area contributed by atoms with E-state index in [1.54, 1.807) is 0 Å². The van der Waals surface area contributed by atoms with Crippen LogP contribution in [0.3, 0.4) is 0 Å². The van der Waals surface area contributed by atoms with Crippen LogP contribution in [0.4, 0.5) is 0 Å². The summed E-state index contributed by atoms with van der Waals surface area (Å²) >= 11 is 0. The van der Waals surface area contributed by atoms with Crippen molar-refractivity contribution in [3.63, 3.8) is 0 Å². The smallest absolute Gasteiger partial charge is 0.387 e. The summed E-state index contributed by atoms with van der Waals surface area (Å²) in [6.07, 6.45) is -7.81. The lowest BCUT2D eigenvalue weighted by Gasteiger charge is -2.19. The molecule has 2 aromatic rings. The van der Waals surface area contributed by atoms with Gasteiger partial charge in [-0.3, -0.25) is 14.5 Å². The average Bonchev–Trinajstić information content (AvgIpc) is 3.07. The third-order valence-electron chi connectivity index (χ3n) is 3.71. The molecule has 1 aliphatic heterocycles. The van der Waals surface area contributed by atoms with Gasteiger partial charge < -0.3 is 39.5 Å². The monoisotopic (exact) mass is 511 g/mol. The van der Waals surface area contributed by atoms with E-state index in [2.05, 4.69) is 28.1 Å². The van der Waals surface area contributed by atoms with Gasteiger partial charge in [0.15, 0.2) is 11.7 Å². The van der Waals surface area contributed by atoms with Crippen LogP contribution in [0.1, 0.15) is 8.97 Å². The van der Waals surface area contributed by atoms with Gasteiger partial charge in [0.05, 0.1) is 19.2 Å². The highest BCUT2D eigenvalue weighted by Crippen LogP contribution is 2.66. The Labute approximate surface area is 173 Å². The number of hydrogen-bond acceptors (Lipinski definition) is 12. The fourth-order valence-corrected chi connectivity index (χ4v) is 5.56. The first-order chi connectivity index (χ1) is 15.0. The van der Waals surface area contributed by atoms with Gasteiger partial charge in [-0.1, -0.05) is 0 Å². The van der Waals surface area contributed by atoms with Crippen LogP contribution in [-0.2, 0) is 31.6 Å². The first-order valence-electron chi connectivity index (χ1n) is 8.80. The minimum absolute atomic E-state index is 0.130. The number of phosphoric acid groups is 3. The number of H-pyrrole nitrogens is 1. The maximum Gasteiger partial charge on any atom is 0.490 e. The topological polar surface area (TPSA) is 280 Å². The number of aromatic nitrogens is 4. The fourth-order valence-electron chi connectivity index (χ4n) is 2.53. The van der Waals surface area contributed by atoms with Crippen LogP contribution >= 0.6 is 23.5 Å². The molecule has 1 aliphatic rings. The molecule has 3 rings (SSSR count). The van der Waals surface area contributed by atoms with Crippen molar-refractivity contribution in [3.05, 3.63) is 18.1 Å². The minimum atomic E-state index is -5.76. The summed E-state index contributed by atoms with van der Waals surface area (Å²) in [5.74, 6) is 0. The highest BCUT2D eigenvalue weighted by atomic mass is 31.3. The normalized spacial score (nSPS) is 29.4. The van der Waals surface area contributed by atoms with Crippen molar-refractivity contribution < 1.29 is 64.1 Å². The molecule has 0 aromatic carbocycles. The van der Waals surface area contributed by atoms with Crippen molar-refractivity contribution in [1.82, 2.24) is 19.5 Å². The number of nitrogens with one attached hydrogen (secondary N) is 2. The Morgan fingerprint density at radius 1 is 1.16 bits per heavy atom. The molecule has 2 unspecified atom stereocenters. The summed E-state index contributed by atoms with van der Waals surface area (Å²) in [5.41, 5.74) is -0.744. The van der Waals surface area contributed by atoms with E-state index in [1.165, 1.54) is 0 Å². The van der Waals surface area contributed by atoms with Gasteiger partial charge in [0.25, 0.3) is 0 Å². The van der Waals surface area contributed by atoms with Crippen LogP contribution in [-0.4, -0.2) is 74.2 Å². The lowest BCUT2D eigenvalue weighted by atomic mass is 10.1. The Kier molecular flexibility index (Phi) is 5.91. The molecule has 31 heavy (non-hydrogen) atoms. The van der Waals surface area contributed by atoms with Gasteiger partial charge >= 0.3 is 23.5 Å². The molecule has 0 radical (unpaired) electrons. The zero-order chi connectivity index (χ0) is 24.9. The largest absolute Gasteiger partial charge is 0.490 e. The third kappa shape index (κ3) is 5.71. The van der Waals surface area contributed by atoms with Crippen LogP contribution in [0, 0.1) is 5.41 Å². The second-order valence-electron chi connectivity index (χ2n) is 5.91. The van der Waals surface area contributed by atoms with Crippen molar-refractivity contribution >= 4 is 34.6 Å². The standard InChI is InChI=1S/C10H16N5O13P3/c11-8-5-9(13-2-12-8)15(3-14-5)10-7(17)6(16)4(26-10)1-25-30(21,22)28-31(23,24)27-29(18,19)20/h2-4,6-7,10,16-17H,1H2,(H,21,22)(H,23,24)(H2,11,12,13)(H2,18,19,20)/t4-,6-,7-,10-/m1/s1/i2T,3T. The van der Waals surface area contributed by atoms with Gasteiger partial charge in [-0.15, -0.1) is 0 Å². The Hall–Kier alpha value is -1.36. The molecule has 3 heterocycles. The number of fused-ring (bicyclic) bond motifs is 1. The number of phosphoric ester groups is 1. The number of hydrogen-bond donors (Lipinski definition) is 8. The number of aromatic amines is 1. The molecule has 1 fully saturated rings. The Morgan fingerprint density at radius 3 is 2.48 bits per heavy atom. The molecule has 18 nitrogen and oxygen atoms in total. The number of aliphatic hydroxyl groups excluding tert-OH is 2. The van der Waals surface area contributed by atoms with Gasteiger partial charge in [-0.05, 0) is 0 Å². The van der Waals surface area contributed by atoms with Crippen LogP contribution in [0.25, 0.3) is 11.2 Å². The van der Waals surface area contributed by atoms with Gasteiger partial charge in [-0.2, -0.15) is 8.62 Å². The van der Waals surface area contributed by atoms with E-state index in [0.29, 0.717) is 0 Å². The lowest BCUT2D eigenvalue weighted by molar-refractivity contribution is -0.0503. The maximum absolute atomic E-state index is 11.8. The van der Waals surface area contributed by atoms with E-state index in [-0.39, 0.29) is 11.2 Å². The van der Waals surface area contributed by atoms with Crippen molar-refractivity contribution in [2.24, 2.45) is 0 Å². The zero-order valence-electron chi connectivity index (χ0n) is 16.7. The highest BCUT2D eigenvalue weighted by molar-refractivity contribution is 7.66. The Bertz CT molecular complexity index is 1260. The molecular weight excluding hydrogens is 491 g/mol. The first-order valence-corrected chi connectivity index (χ1v) is 12.3. The number of rotatable bonds is 8. The summed E-state index contributed by atoms with van der Waals surface area (Å²) < 4.78 is 67.0. The predicted molar refractivity (Wildman–Crippen MR) is 93.5 cm³/mol. The van der Waals surface area contributed by atoms with E-state index < -0.39 is 72.7 Å². The van der Waals surface area contributed by atoms with Crippen LogP contribution in [0.15, 0.2) is 12.6 Å². The molecule has 21 heteroatoms. The first kappa shape index (κ1) is 21.5. The van der Waals surface area contributed by atoms with E-state index in [9.17, 15) is 28.8 Å². The Balaban J connectivity index is 1.77. The van der Waals surface area contributed by atoms with Crippen LogP contribution < -0.4 is 5.49 Å². The van der Waals surface area contributed by atoms with Gasteiger partial charge in [0, 0.05) is 0 Å².